The smallest absolute Gasteiger partial charge is 0.245 e. The van der Waals surface area contributed by atoms with E-state index in [4.69, 9.17) is 5.73 Å². The second-order valence-corrected chi connectivity index (χ2v) is 6.17. The first-order valence-corrected chi connectivity index (χ1v) is 7.02. The van der Waals surface area contributed by atoms with E-state index in [9.17, 15) is 8.42 Å². The standard InChI is InChI=1S/C11H15N5O2S/c1-8-4-3-5-9(12)11(8)19(17,18)16(2)6-10-13-7-14-15-10/h3-5,7H,6,12H2,1-2H3,(H,13,14,15). The number of aromatic nitrogens is 3. The maximum Gasteiger partial charge on any atom is 0.245 e. The fourth-order valence-electron chi connectivity index (χ4n) is 1.79. The normalized spacial score (nSPS) is 11.9. The van der Waals surface area contributed by atoms with Crippen LogP contribution in [-0.2, 0) is 16.6 Å². The van der Waals surface area contributed by atoms with E-state index >= 15 is 0 Å². The molecular weight excluding hydrogens is 266 g/mol. The van der Waals surface area contributed by atoms with Crippen LogP contribution in [0.15, 0.2) is 29.4 Å². The van der Waals surface area contributed by atoms with E-state index < -0.39 is 10.0 Å². The number of sulfonamides is 1. The molecule has 3 N–H and O–H groups in total. The third-order valence-corrected chi connectivity index (χ3v) is 4.77. The number of nitrogens with zero attached hydrogens (tertiary/aromatic N) is 3. The first-order chi connectivity index (χ1) is 8.93. The van der Waals surface area contributed by atoms with Crippen molar-refractivity contribution in [3.05, 3.63) is 35.9 Å². The fourth-order valence-corrected chi connectivity index (χ4v) is 3.23. The van der Waals surface area contributed by atoms with Crippen LogP contribution in [0.25, 0.3) is 0 Å². The Morgan fingerprint density at radius 1 is 1.42 bits per heavy atom. The zero-order valence-corrected chi connectivity index (χ0v) is 11.5. The second-order valence-electron chi connectivity index (χ2n) is 4.19. The maximum atomic E-state index is 12.5. The maximum absolute atomic E-state index is 12.5. The van der Waals surface area contributed by atoms with Gasteiger partial charge in [0.2, 0.25) is 10.0 Å². The molecule has 1 aromatic heterocycles. The summed E-state index contributed by atoms with van der Waals surface area (Å²) < 4.78 is 26.2. The summed E-state index contributed by atoms with van der Waals surface area (Å²) in [6.45, 7) is 1.82. The van der Waals surface area contributed by atoms with Crippen LogP contribution < -0.4 is 5.73 Å². The number of nitrogens with one attached hydrogen (secondary N) is 1. The number of nitrogens with two attached hydrogens (primary N) is 1. The number of hydrogen-bond donors (Lipinski definition) is 2. The summed E-state index contributed by atoms with van der Waals surface area (Å²) in [5, 5.41) is 6.31. The number of H-pyrrole nitrogens is 1. The van der Waals surface area contributed by atoms with Crippen molar-refractivity contribution in [3.63, 3.8) is 0 Å². The van der Waals surface area contributed by atoms with Crippen molar-refractivity contribution < 1.29 is 8.42 Å². The summed E-state index contributed by atoms with van der Waals surface area (Å²) in [6, 6.07) is 5.01. The van der Waals surface area contributed by atoms with Crippen LogP contribution in [0.4, 0.5) is 5.69 Å². The predicted octanol–water partition coefficient (Wildman–Crippen LogP) is 0.516. The average Bonchev–Trinajstić information content (AvgIpc) is 2.81. The van der Waals surface area contributed by atoms with Gasteiger partial charge in [0.15, 0.2) is 0 Å². The molecule has 1 heterocycles. The highest BCUT2D eigenvalue weighted by molar-refractivity contribution is 7.89. The Kier molecular flexibility index (Phi) is 3.54. The van der Waals surface area contributed by atoms with Crippen molar-refractivity contribution in [2.24, 2.45) is 0 Å². The van der Waals surface area contributed by atoms with Gasteiger partial charge in [-0.3, -0.25) is 5.10 Å². The van der Waals surface area contributed by atoms with Crippen LogP contribution >= 0.6 is 0 Å². The van der Waals surface area contributed by atoms with E-state index in [0.717, 1.165) is 0 Å². The molecule has 0 saturated carbocycles. The number of aryl methyl sites for hydroxylation is 1. The van der Waals surface area contributed by atoms with E-state index in [1.807, 2.05) is 0 Å². The lowest BCUT2D eigenvalue weighted by atomic mass is 10.2. The minimum atomic E-state index is -3.66. The largest absolute Gasteiger partial charge is 0.398 e. The summed E-state index contributed by atoms with van der Waals surface area (Å²) in [5.74, 6) is 0.471. The molecule has 19 heavy (non-hydrogen) atoms. The van der Waals surface area contributed by atoms with Crippen molar-refractivity contribution >= 4 is 15.7 Å². The Morgan fingerprint density at radius 2 is 2.16 bits per heavy atom. The summed E-state index contributed by atoms with van der Waals surface area (Å²) in [6.07, 6.45) is 1.33. The molecule has 0 fully saturated rings. The monoisotopic (exact) mass is 281 g/mol. The summed E-state index contributed by atoms with van der Waals surface area (Å²) in [7, 11) is -2.18. The molecule has 2 aromatic rings. The lowest BCUT2D eigenvalue weighted by molar-refractivity contribution is 0.457. The Bertz CT molecular complexity index is 646. The van der Waals surface area contributed by atoms with Gasteiger partial charge in [0.05, 0.1) is 12.2 Å². The van der Waals surface area contributed by atoms with Crippen molar-refractivity contribution in [1.82, 2.24) is 19.5 Å². The van der Waals surface area contributed by atoms with Gasteiger partial charge in [-0.1, -0.05) is 12.1 Å². The Morgan fingerprint density at radius 3 is 2.74 bits per heavy atom. The molecule has 0 aliphatic rings. The van der Waals surface area contributed by atoms with Gasteiger partial charge in [-0.25, -0.2) is 13.4 Å². The molecule has 7 nitrogen and oxygen atoms in total. The Labute approximate surface area is 111 Å². The second kappa shape index (κ2) is 4.98. The lowest BCUT2D eigenvalue weighted by Gasteiger charge is -2.18. The number of aromatic amines is 1. The third kappa shape index (κ3) is 2.59. The predicted molar refractivity (Wildman–Crippen MR) is 70.6 cm³/mol. The fraction of sp³-hybridized carbons (Fsp3) is 0.273. The van der Waals surface area contributed by atoms with Gasteiger partial charge >= 0.3 is 0 Å². The number of hydrogen-bond acceptors (Lipinski definition) is 5. The lowest BCUT2D eigenvalue weighted by Crippen LogP contribution is -2.28. The van der Waals surface area contributed by atoms with Crippen molar-refractivity contribution in [2.75, 3.05) is 12.8 Å². The first-order valence-electron chi connectivity index (χ1n) is 5.58. The van der Waals surface area contributed by atoms with Crippen molar-refractivity contribution in [2.45, 2.75) is 18.4 Å². The van der Waals surface area contributed by atoms with Gasteiger partial charge in [0, 0.05) is 7.05 Å². The first kappa shape index (κ1) is 13.5. The van der Waals surface area contributed by atoms with Crippen LogP contribution in [0, 0.1) is 6.92 Å². The molecule has 0 spiro atoms. The molecule has 0 amide bonds. The van der Waals surface area contributed by atoms with Crippen LogP contribution in [0.5, 0.6) is 0 Å². The van der Waals surface area contributed by atoms with Crippen LogP contribution in [0.1, 0.15) is 11.4 Å². The highest BCUT2D eigenvalue weighted by Crippen LogP contribution is 2.25. The topological polar surface area (TPSA) is 105 Å². The van der Waals surface area contributed by atoms with Gasteiger partial charge in [-0.05, 0) is 18.6 Å². The minimum absolute atomic E-state index is 0.107. The molecule has 2 rings (SSSR count). The Balaban J connectivity index is 2.37. The molecule has 8 heteroatoms. The number of anilines is 1. The van der Waals surface area contributed by atoms with E-state index in [1.54, 1.807) is 25.1 Å². The minimum Gasteiger partial charge on any atom is -0.398 e. The van der Waals surface area contributed by atoms with Crippen LogP contribution in [0.2, 0.25) is 0 Å². The number of benzene rings is 1. The third-order valence-electron chi connectivity index (χ3n) is 2.75. The summed E-state index contributed by atoms with van der Waals surface area (Å²) in [5.41, 5.74) is 6.63. The molecule has 0 radical (unpaired) electrons. The van der Waals surface area contributed by atoms with E-state index in [0.29, 0.717) is 11.4 Å². The van der Waals surface area contributed by atoms with Gasteiger partial charge in [-0.15, -0.1) is 0 Å². The molecular formula is C11H15N5O2S. The molecule has 0 aliphatic carbocycles. The van der Waals surface area contributed by atoms with Crippen LogP contribution in [-0.4, -0.2) is 35.0 Å². The van der Waals surface area contributed by atoms with E-state index in [2.05, 4.69) is 15.2 Å². The SMILES string of the molecule is Cc1cccc(N)c1S(=O)(=O)N(C)Cc1ncn[nH]1. The Hall–Kier alpha value is -1.93. The van der Waals surface area contributed by atoms with Crippen LogP contribution in [0.3, 0.4) is 0 Å². The van der Waals surface area contributed by atoms with Crippen molar-refractivity contribution in [1.29, 1.82) is 0 Å². The van der Waals surface area contributed by atoms with Crippen molar-refractivity contribution in [3.8, 4) is 0 Å². The van der Waals surface area contributed by atoms with Gasteiger partial charge in [0.25, 0.3) is 0 Å². The molecule has 1 aromatic carbocycles. The zero-order chi connectivity index (χ0) is 14.0. The molecule has 102 valence electrons. The molecule has 0 unspecified atom stereocenters. The molecule has 0 saturated heterocycles. The molecule has 0 bridgehead atoms. The van der Waals surface area contributed by atoms with Gasteiger partial charge < -0.3 is 5.73 Å². The highest BCUT2D eigenvalue weighted by Gasteiger charge is 2.25. The molecule has 0 aliphatic heterocycles. The number of nitrogen functional groups attached to an aromatic ring is 1. The van der Waals surface area contributed by atoms with E-state index in [-0.39, 0.29) is 17.1 Å². The highest BCUT2D eigenvalue weighted by atomic mass is 32.2. The number of rotatable bonds is 4. The van der Waals surface area contributed by atoms with Gasteiger partial charge in [0.1, 0.15) is 17.0 Å². The van der Waals surface area contributed by atoms with E-state index in [1.165, 1.54) is 17.7 Å². The average molecular weight is 281 g/mol. The summed E-state index contributed by atoms with van der Waals surface area (Å²) in [4.78, 5) is 4.04. The summed E-state index contributed by atoms with van der Waals surface area (Å²) >= 11 is 0. The van der Waals surface area contributed by atoms with Gasteiger partial charge in [-0.2, -0.15) is 9.40 Å². The quantitative estimate of drug-likeness (QED) is 0.795. The zero-order valence-electron chi connectivity index (χ0n) is 10.7. The molecule has 0 atom stereocenters.